The molecule has 0 saturated carbocycles. The summed E-state index contributed by atoms with van der Waals surface area (Å²) in [6.45, 7) is 1.63. The van der Waals surface area contributed by atoms with E-state index in [1.54, 1.807) is 28.9 Å². The summed E-state index contributed by atoms with van der Waals surface area (Å²) in [7, 11) is 0. The van der Waals surface area contributed by atoms with Gasteiger partial charge in [0.1, 0.15) is 11.3 Å². The van der Waals surface area contributed by atoms with Crippen LogP contribution in [-0.2, 0) is 0 Å². The van der Waals surface area contributed by atoms with Gasteiger partial charge in [-0.3, -0.25) is 9.59 Å². The maximum Gasteiger partial charge on any atom is 0.268 e. The molecule has 0 radical (unpaired) electrons. The molecule has 3 rings (SSSR count). The van der Waals surface area contributed by atoms with E-state index < -0.39 is 5.91 Å². The Balaban J connectivity index is 1.91. The zero-order valence-corrected chi connectivity index (χ0v) is 11.1. The van der Waals surface area contributed by atoms with E-state index in [9.17, 15) is 9.59 Å². The molecule has 6 nitrogen and oxygen atoms in total. The maximum atomic E-state index is 12.4. The summed E-state index contributed by atoms with van der Waals surface area (Å²) in [5.41, 5.74) is 6.61. The van der Waals surface area contributed by atoms with Crippen LogP contribution in [-0.4, -0.2) is 39.2 Å². The second-order valence-electron chi connectivity index (χ2n) is 5.03. The van der Waals surface area contributed by atoms with E-state index >= 15 is 0 Å². The van der Waals surface area contributed by atoms with Crippen LogP contribution in [0.2, 0.25) is 0 Å². The molecular formula is C14H16N4O2. The van der Waals surface area contributed by atoms with Crippen LogP contribution in [0.5, 0.6) is 0 Å². The van der Waals surface area contributed by atoms with Gasteiger partial charge in [-0.05, 0) is 31.4 Å². The average molecular weight is 272 g/mol. The van der Waals surface area contributed by atoms with Crippen LogP contribution in [0.4, 0.5) is 0 Å². The van der Waals surface area contributed by atoms with E-state index in [1.807, 2.05) is 4.90 Å². The lowest BCUT2D eigenvalue weighted by atomic mass is 10.1. The number of piperidine rings is 1. The Morgan fingerprint density at radius 3 is 2.55 bits per heavy atom. The number of hydrogen-bond acceptors (Lipinski definition) is 3. The average Bonchev–Trinajstić information content (AvgIpc) is 2.90. The number of primary amides is 1. The topological polar surface area (TPSA) is 80.7 Å². The number of carbonyl (C=O) groups is 2. The highest BCUT2D eigenvalue weighted by Gasteiger charge is 2.18. The Morgan fingerprint density at radius 1 is 1.10 bits per heavy atom. The molecule has 2 aromatic heterocycles. The van der Waals surface area contributed by atoms with Crippen LogP contribution in [0.25, 0.3) is 5.65 Å². The van der Waals surface area contributed by atoms with E-state index in [-0.39, 0.29) is 11.6 Å². The van der Waals surface area contributed by atoms with Gasteiger partial charge in [0.15, 0.2) is 0 Å². The van der Waals surface area contributed by atoms with Crippen molar-refractivity contribution in [2.75, 3.05) is 13.1 Å². The number of likely N-dealkylation sites (tertiary alicyclic amines) is 1. The van der Waals surface area contributed by atoms with Gasteiger partial charge in [-0.15, -0.1) is 0 Å². The van der Waals surface area contributed by atoms with Crippen molar-refractivity contribution in [3.8, 4) is 0 Å². The SMILES string of the molecule is NC(=O)c1cn2cc(C(=O)N3CCCCC3)ccc2n1. The van der Waals surface area contributed by atoms with E-state index in [2.05, 4.69) is 4.98 Å². The smallest absolute Gasteiger partial charge is 0.268 e. The van der Waals surface area contributed by atoms with Gasteiger partial charge >= 0.3 is 0 Å². The molecule has 3 heterocycles. The molecule has 20 heavy (non-hydrogen) atoms. The third-order valence-corrected chi connectivity index (χ3v) is 3.59. The Hall–Kier alpha value is -2.37. The number of imidazole rings is 1. The molecule has 1 aliphatic rings. The molecule has 1 aliphatic heterocycles. The number of aromatic nitrogens is 2. The molecule has 0 aliphatic carbocycles. The zero-order chi connectivity index (χ0) is 14.1. The van der Waals surface area contributed by atoms with Gasteiger partial charge in [0.2, 0.25) is 0 Å². The van der Waals surface area contributed by atoms with Crippen LogP contribution < -0.4 is 5.73 Å². The molecule has 2 aromatic rings. The predicted octanol–water partition coefficient (Wildman–Crippen LogP) is 1.06. The lowest BCUT2D eigenvalue weighted by Crippen LogP contribution is -2.35. The number of fused-ring (bicyclic) bond motifs is 1. The summed E-state index contributed by atoms with van der Waals surface area (Å²) in [5.74, 6) is -0.543. The van der Waals surface area contributed by atoms with Gasteiger partial charge in [0.25, 0.3) is 11.8 Å². The van der Waals surface area contributed by atoms with Crippen molar-refractivity contribution >= 4 is 17.5 Å². The van der Waals surface area contributed by atoms with Crippen molar-refractivity contribution in [2.45, 2.75) is 19.3 Å². The van der Waals surface area contributed by atoms with Gasteiger partial charge in [0, 0.05) is 25.5 Å². The fraction of sp³-hybridized carbons (Fsp3) is 0.357. The fourth-order valence-corrected chi connectivity index (χ4v) is 2.52. The number of hydrogen-bond donors (Lipinski definition) is 1. The zero-order valence-electron chi connectivity index (χ0n) is 11.1. The van der Waals surface area contributed by atoms with Crippen molar-refractivity contribution < 1.29 is 9.59 Å². The molecule has 2 N–H and O–H groups in total. The molecule has 1 saturated heterocycles. The first kappa shape index (κ1) is 12.7. The van der Waals surface area contributed by atoms with Crippen molar-refractivity contribution in [1.82, 2.24) is 14.3 Å². The van der Waals surface area contributed by atoms with Gasteiger partial charge in [-0.25, -0.2) is 4.98 Å². The fourth-order valence-electron chi connectivity index (χ4n) is 2.52. The van der Waals surface area contributed by atoms with Crippen LogP contribution in [0.3, 0.4) is 0 Å². The van der Waals surface area contributed by atoms with E-state index in [0.717, 1.165) is 25.9 Å². The number of nitrogens with two attached hydrogens (primary N) is 1. The first-order chi connectivity index (χ1) is 9.65. The third-order valence-electron chi connectivity index (χ3n) is 3.59. The van der Waals surface area contributed by atoms with Crippen LogP contribution in [0.1, 0.15) is 40.1 Å². The summed E-state index contributed by atoms with van der Waals surface area (Å²) in [4.78, 5) is 29.5. The van der Waals surface area contributed by atoms with E-state index in [1.165, 1.54) is 6.42 Å². The molecule has 6 heteroatoms. The van der Waals surface area contributed by atoms with Crippen molar-refractivity contribution in [2.24, 2.45) is 5.73 Å². The third kappa shape index (κ3) is 2.24. The Morgan fingerprint density at radius 2 is 1.85 bits per heavy atom. The quantitative estimate of drug-likeness (QED) is 0.887. The Bertz CT molecular complexity index is 671. The summed E-state index contributed by atoms with van der Waals surface area (Å²) < 4.78 is 1.66. The first-order valence-electron chi connectivity index (χ1n) is 6.73. The van der Waals surface area contributed by atoms with E-state index in [0.29, 0.717) is 11.2 Å². The minimum Gasteiger partial charge on any atom is -0.364 e. The molecular weight excluding hydrogens is 256 g/mol. The Labute approximate surface area is 116 Å². The molecule has 0 spiro atoms. The van der Waals surface area contributed by atoms with Gasteiger partial charge < -0.3 is 15.0 Å². The normalized spacial score (nSPS) is 15.5. The van der Waals surface area contributed by atoms with E-state index in [4.69, 9.17) is 5.73 Å². The minimum atomic E-state index is -0.572. The lowest BCUT2D eigenvalue weighted by Gasteiger charge is -2.26. The summed E-state index contributed by atoms with van der Waals surface area (Å²) in [6.07, 6.45) is 6.55. The highest BCUT2D eigenvalue weighted by Crippen LogP contribution is 2.14. The van der Waals surface area contributed by atoms with Gasteiger partial charge in [-0.2, -0.15) is 0 Å². The van der Waals surface area contributed by atoms with Crippen molar-refractivity contribution in [1.29, 1.82) is 0 Å². The molecule has 0 atom stereocenters. The summed E-state index contributed by atoms with van der Waals surface area (Å²) in [5, 5.41) is 0. The number of amides is 2. The minimum absolute atomic E-state index is 0.0286. The number of pyridine rings is 1. The maximum absolute atomic E-state index is 12.4. The molecule has 1 fully saturated rings. The number of nitrogens with zero attached hydrogens (tertiary/aromatic N) is 3. The molecule has 0 aromatic carbocycles. The summed E-state index contributed by atoms with van der Waals surface area (Å²) >= 11 is 0. The second kappa shape index (κ2) is 4.96. The molecule has 104 valence electrons. The highest BCUT2D eigenvalue weighted by atomic mass is 16.2. The largest absolute Gasteiger partial charge is 0.364 e. The number of rotatable bonds is 2. The number of carbonyl (C=O) groups excluding carboxylic acids is 2. The van der Waals surface area contributed by atoms with Crippen LogP contribution in [0.15, 0.2) is 24.5 Å². The van der Waals surface area contributed by atoms with Crippen molar-refractivity contribution in [3.05, 3.63) is 35.8 Å². The lowest BCUT2D eigenvalue weighted by molar-refractivity contribution is 0.0723. The molecule has 0 unspecified atom stereocenters. The monoisotopic (exact) mass is 272 g/mol. The van der Waals surface area contributed by atoms with Crippen LogP contribution >= 0.6 is 0 Å². The Kier molecular flexibility index (Phi) is 3.14. The highest BCUT2D eigenvalue weighted by molar-refractivity contribution is 5.95. The predicted molar refractivity (Wildman–Crippen MR) is 73.5 cm³/mol. The molecule has 0 bridgehead atoms. The molecule has 2 amide bonds. The second-order valence-corrected chi connectivity index (χ2v) is 5.03. The van der Waals surface area contributed by atoms with Crippen molar-refractivity contribution in [3.63, 3.8) is 0 Å². The summed E-state index contributed by atoms with van der Waals surface area (Å²) in [6, 6.07) is 3.47. The van der Waals surface area contributed by atoms with Gasteiger partial charge in [-0.1, -0.05) is 0 Å². The first-order valence-corrected chi connectivity index (χ1v) is 6.73. The standard InChI is InChI=1S/C14H16N4O2/c15-13(19)11-9-18-8-10(4-5-12(18)16-11)14(20)17-6-2-1-3-7-17/h4-5,8-9H,1-3,6-7H2,(H2,15,19). The van der Waals surface area contributed by atoms with Gasteiger partial charge in [0.05, 0.1) is 5.56 Å². The van der Waals surface area contributed by atoms with Crippen LogP contribution in [0, 0.1) is 0 Å².